The summed E-state index contributed by atoms with van der Waals surface area (Å²) in [6.07, 6.45) is 2.02. The first-order valence-electron chi connectivity index (χ1n) is 6.10. The predicted octanol–water partition coefficient (Wildman–Crippen LogP) is 2.37. The van der Waals surface area contributed by atoms with E-state index in [4.69, 9.17) is 0 Å². The molecule has 0 aromatic carbocycles. The molecule has 1 aromatic heterocycles. The molecule has 0 amide bonds. The van der Waals surface area contributed by atoms with Crippen LogP contribution in [0.5, 0.6) is 0 Å². The summed E-state index contributed by atoms with van der Waals surface area (Å²) in [5.41, 5.74) is 2.01. The van der Waals surface area contributed by atoms with Crippen LogP contribution in [-0.4, -0.2) is 23.2 Å². The Morgan fingerprint density at radius 1 is 1.25 bits per heavy atom. The Labute approximate surface area is 98.1 Å². The minimum atomic E-state index is 0.0895. The number of pyridine rings is 1. The van der Waals surface area contributed by atoms with Crippen molar-refractivity contribution in [3.05, 3.63) is 23.4 Å². The van der Waals surface area contributed by atoms with Gasteiger partial charge in [0.05, 0.1) is 6.61 Å². The summed E-state index contributed by atoms with van der Waals surface area (Å²) < 4.78 is 0. The quantitative estimate of drug-likeness (QED) is 0.802. The van der Waals surface area contributed by atoms with Gasteiger partial charge in [-0.2, -0.15) is 0 Å². The number of aliphatic hydroxyl groups is 1. The van der Waals surface area contributed by atoms with Gasteiger partial charge in [0.15, 0.2) is 0 Å². The predicted molar refractivity (Wildman–Crippen MR) is 67.7 cm³/mol. The van der Waals surface area contributed by atoms with Gasteiger partial charge in [-0.15, -0.1) is 0 Å². The number of aromatic nitrogens is 1. The summed E-state index contributed by atoms with van der Waals surface area (Å²) in [4.78, 5) is 6.85. The standard InChI is InChI=1S/C13H22N2O/c1-4-7-15(6-3)13-9-11(10-16)8-12(5-2)14-13/h8-9,16H,4-7,10H2,1-3H3. The van der Waals surface area contributed by atoms with Crippen LogP contribution in [0.1, 0.15) is 38.4 Å². The fraction of sp³-hybridized carbons (Fsp3) is 0.615. The number of hydrogen-bond donors (Lipinski definition) is 1. The molecule has 1 heterocycles. The maximum Gasteiger partial charge on any atom is 0.129 e. The Balaban J connectivity index is 3.00. The van der Waals surface area contributed by atoms with Crippen LogP contribution in [0.15, 0.2) is 12.1 Å². The van der Waals surface area contributed by atoms with Crippen molar-refractivity contribution in [2.75, 3.05) is 18.0 Å². The third-order valence-corrected chi connectivity index (χ3v) is 2.67. The fourth-order valence-electron chi connectivity index (χ4n) is 1.77. The second-order valence-electron chi connectivity index (χ2n) is 3.92. The van der Waals surface area contributed by atoms with Gasteiger partial charge in [0.25, 0.3) is 0 Å². The third-order valence-electron chi connectivity index (χ3n) is 2.67. The van der Waals surface area contributed by atoms with Crippen molar-refractivity contribution in [2.45, 2.75) is 40.2 Å². The molecule has 1 rings (SSSR count). The van der Waals surface area contributed by atoms with Gasteiger partial charge in [0.2, 0.25) is 0 Å². The van der Waals surface area contributed by atoms with E-state index in [1.165, 1.54) is 0 Å². The van der Waals surface area contributed by atoms with Gasteiger partial charge in [-0.25, -0.2) is 4.98 Å². The molecule has 0 spiro atoms. The molecule has 1 N–H and O–H groups in total. The lowest BCUT2D eigenvalue weighted by Gasteiger charge is -2.22. The summed E-state index contributed by atoms with van der Waals surface area (Å²) in [6, 6.07) is 3.96. The molecule has 16 heavy (non-hydrogen) atoms. The molecule has 0 saturated heterocycles. The number of aliphatic hydroxyl groups excluding tert-OH is 1. The molecular formula is C13H22N2O. The lowest BCUT2D eigenvalue weighted by Crippen LogP contribution is -2.25. The molecule has 0 unspecified atom stereocenters. The zero-order valence-corrected chi connectivity index (χ0v) is 10.5. The van der Waals surface area contributed by atoms with Gasteiger partial charge in [-0.05, 0) is 37.5 Å². The van der Waals surface area contributed by atoms with Crippen LogP contribution in [0.2, 0.25) is 0 Å². The molecule has 0 bridgehead atoms. The average molecular weight is 222 g/mol. The smallest absolute Gasteiger partial charge is 0.129 e. The van der Waals surface area contributed by atoms with Crippen LogP contribution in [0.25, 0.3) is 0 Å². The van der Waals surface area contributed by atoms with Crippen LogP contribution in [0, 0.1) is 0 Å². The molecular weight excluding hydrogens is 200 g/mol. The average Bonchev–Trinajstić information content (AvgIpc) is 2.35. The lowest BCUT2D eigenvalue weighted by molar-refractivity contribution is 0.281. The van der Waals surface area contributed by atoms with E-state index in [2.05, 4.69) is 30.7 Å². The lowest BCUT2D eigenvalue weighted by atomic mass is 10.2. The molecule has 0 saturated carbocycles. The van der Waals surface area contributed by atoms with Crippen molar-refractivity contribution < 1.29 is 5.11 Å². The Morgan fingerprint density at radius 2 is 2.00 bits per heavy atom. The van der Waals surface area contributed by atoms with Crippen LogP contribution in [0.4, 0.5) is 5.82 Å². The third kappa shape index (κ3) is 3.20. The van der Waals surface area contributed by atoms with E-state index in [9.17, 15) is 5.11 Å². The number of anilines is 1. The van der Waals surface area contributed by atoms with Crippen molar-refractivity contribution in [3.8, 4) is 0 Å². The molecule has 1 aromatic rings. The second-order valence-corrected chi connectivity index (χ2v) is 3.92. The Kier molecular flexibility index (Phi) is 5.26. The minimum Gasteiger partial charge on any atom is -0.392 e. The van der Waals surface area contributed by atoms with Crippen LogP contribution >= 0.6 is 0 Å². The van der Waals surface area contributed by atoms with Crippen LogP contribution < -0.4 is 4.90 Å². The van der Waals surface area contributed by atoms with Gasteiger partial charge >= 0.3 is 0 Å². The highest BCUT2D eigenvalue weighted by atomic mass is 16.3. The molecule has 3 nitrogen and oxygen atoms in total. The highest BCUT2D eigenvalue weighted by Crippen LogP contribution is 2.16. The van der Waals surface area contributed by atoms with Crippen LogP contribution in [-0.2, 0) is 13.0 Å². The van der Waals surface area contributed by atoms with E-state index in [1.54, 1.807) is 0 Å². The summed E-state index contributed by atoms with van der Waals surface area (Å²) in [5, 5.41) is 9.22. The first kappa shape index (κ1) is 13.0. The Bertz CT molecular complexity index is 303. The van der Waals surface area contributed by atoms with Crippen molar-refractivity contribution in [1.29, 1.82) is 0 Å². The molecule has 0 aliphatic heterocycles. The van der Waals surface area contributed by atoms with Gasteiger partial charge < -0.3 is 10.0 Å². The zero-order chi connectivity index (χ0) is 12.0. The van der Waals surface area contributed by atoms with Crippen molar-refractivity contribution in [2.24, 2.45) is 0 Å². The minimum absolute atomic E-state index is 0.0895. The summed E-state index contributed by atoms with van der Waals surface area (Å²) in [6.45, 7) is 8.45. The van der Waals surface area contributed by atoms with Crippen molar-refractivity contribution >= 4 is 5.82 Å². The molecule has 0 atom stereocenters. The molecule has 0 fully saturated rings. The molecule has 0 radical (unpaired) electrons. The molecule has 90 valence electrons. The maximum absolute atomic E-state index is 9.22. The highest BCUT2D eigenvalue weighted by Gasteiger charge is 2.07. The number of rotatable bonds is 6. The first-order chi connectivity index (χ1) is 7.74. The first-order valence-corrected chi connectivity index (χ1v) is 6.10. The topological polar surface area (TPSA) is 36.4 Å². The largest absolute Gasteiger partial charge is 0.392 e. The van der Waals surface area contributed by atoms with Gasteiger partial charge in [0, 0.05) is 18.8 Å². The van der Waals surface area contributed by atoms with E-state index < -0.39 is 0 Å². The van der Waals surface area contributed by atoms with Crippen LogP contribution in [0.3, 0.4) is 0 Å². The second kappa shape index (κ2) is 6.48. The number of aryl methyl sites for hydroxylation is 1. The monoisotopic (exact) mass is 222 g/mol. The van der Waals surface area contributed by atoms with Crippen molar-refractivity contribution in [1.82, 2.24) is 4.98 Å². The van der Waals surface area contributed by atoms with Gasteiger partial charge in [-0.3, -0.25) is 0 Å². The van der Waals surface area contributed by atoms with E-state index in [0.29, 0.717) is 0 Å². The summed E-state index contributed by atoms with van der Waals surface area (Å²) in [5.74, 6) is 0.993. The van der Waals surface area contributed by atoms with E-state index in [1.807, 2.05) is 12.1 Å². The Morgan fingerprint density at radius 3 is 2.50 bits per heavy atom. The van der Waals surface area contributed by atoms with Gasteiger partial charge in [-0.1, -0.05) is 13.8 Å². The summed E-state index contributed by atoms with van der Waals surface area (Å²) in [7, 11) is 0. The SMILES string of the molecule is CCCN(CC)c1cc(CO)cc(CC)n1. The molecule has 3 heteroatoms. The van der Waals surface area contributed by atoms with Gasteiger partial charge in [0.1, 0.15) is 5.82 Å². The molecule has 0 aliphatic rings. The van der Waals surface area contributed by atoms with E-state index in [-0.39, 0.29) is 6.61 Å². The number of hydrogen-bond acceptors (Lipinski definition) is 3. The normalized spacial score (nSPS) is 10.5. The Hall–Kier alpha value is -1.09. The summed E-state index contributed by atoms with van der Waals surface area (Å²) >= 11 is 0. The maximum atomic E-state index is 9.22. The zero-order valence-electron chi connectivity index (χ0n) is 10.5. The highest BCUT2D eigenvalue weighted by molar-refractivity contribution is 5.42. The van der Waals surface area contributed by atoms with Crippen molar-refractivity contribution in [3.63, 3.8) is 0 Å². The van der Waals surface area contributed by atoms with E-state index >= 15 is 0 Å². The number of nitrogens with zero attached hydrogens (tertiary/aromatic N) is 2. The molecule has 0 aliphatic carbocycles. The van der Waals surface area contributed by atoms with E-state index in [0.717, 1.165) is 43.0 Å². The fourth-order valence-corrected chi connectivity index (χ4v) is 1.77.